The van der Waals surface area contributed by atoms with Crippen LogP contribution >= 0.6 is 11.3 Å². The van der Waals surface area contributed by atoms with Gasteiger partial charge in [0.05, 0.1) is 32.9 Å². The molecule has 0 unspecified atom stereocenters. The van der Waals surface area contributed by atoms with E-state index in [4.69, 9.17) is 9.47 Å². The van der Waals surface area contributed by atoms with Crippen LogP contribution in [-0.2, 0) is 16.1 Å². The Kier molecular flexibility index (Phi) is 6.02. The number of nitrogens with one attached hydrogen (secondary N) is 2. The maximum Gasteiger partial charge on any atom is 0.325 e. The van der Waals surface area contributed by atoms with Crippen LogP contribution in [0, 0.1) is 13.8 Å². The zero-order valence-corrected chi connectivity index (χ0v) is 17.4. The summed E-state index contributed by atoms with van der Waals surface area (Å²) in [5.41, 5.74) is 1.54. The second kappa shape index (κ2) is 8.48. The molecule has 2 aromatic rings. The number of aromatic nitrogens is 1. The number of methoxy groups -OCH3 is 2. The zero-order valence-electron chi connectivity index (χ0n) is 16.6. The second-order valence-corrected chi connectivity index (χ2v) is 7.73. The van der Waals surface area contributed by atoms with E-state index in [1.54, 1.807) is 18.2 Å². The van der Waals surface area contributed by atoms with Crippen LogP contribution in [0.5, 0.6) is 11.5 Å². The van der Waals surface area contributed by atoms with E-state index in [9.17, 15) is 14.4 Å². The Hall–Kier alpha value is -3.14. The first-order valence-electron chi connectivity index (χ1n) is 8.89. The van der Waals surface area contributed by atoms with E-state index >= 15 is 0 Å². The first-order chi connectivity index (χ1) is 13.8. The number of imide groups is 1. The molecule has 0 aliphatic carbocycles. The Bertz CT molecular complexity index is 939. The predicted octanol–water partition coefficient (Wildman–Crippen LogP) is 2.23. The molecule has 0 spiro atoms. The Morgan fingerprint density at radius 1 is 1.24 bits per heavy atom. The number of anilines is 1. The number of amides is 4. The van der Waals surface area contributed by atoms with Gasteiger partial charge in [-0.1, -0.05) is 6.07 Å². The van der Waals surface area contributed by atoms with E-state index in [0.29, 0.717) is 22.2 Å². The molecule has 29 heavy (non-hydrogen) atoms. The lowest BCUT2D eigenvalue weighted by Crippen LogP contribution is -2.34. The minimum atomic E-state index is -0.912. The highest BCUT2D eigenvalue weighted by atomic mass is 32.1. The van der Waals surface area contributed by atoms with Gasteiger partial charge in [0.2, 0.25) is 5.91 Å². The van der Waals surface area contributed by atoms with Crippen LogP contribution in [0.2, 0.25) is 0 Å². The summed E-state index contributed by atoms with van der Waals surface area (Å²) in [7, 11) is 3.04. The minimum Gasteiger partial charge on any atom is -0.493 e. The Balaban J connectivity index is 1.64. The van der Waals surface area contributed by atoms with E-state index in [-0.39, 0.29) is 18.9 Å². The van der Waals surface area contributed by atoms with Crippen LogP contribution in [0.1, 0.15) is 22.6 Å². The highest BCUT2D eigenvalue weighted by molar-refractivity contribution is 7.15. The van der Waals surface area contributed by atoms with Crippen molar-refractivity contribution in [1.29, 1.82) is 0 Å². The minimum absolute atomic E-state index is 0.0635. The van der Waals surface area contributed by atoms with Gasteiger partial charge in [0.1, 0.15) is 6.04 Å². The standard InChI is InChI=1S/C19H22N4O5S/c1-10-11(2)29-18(20-10)22-16(24)8-13-17(25)23(19(26)21-13)9-12-5-6-14(27-3)15(7-12)28-4/h5-7,13H,8-9H2,1-4H3,(H,21,26)(H,20,22,24)/t13-/m0/s1. The summed E-state index contributed by atoms with van der Waals surface area (Å²) in [6, 6.07) is 3.70. The number of rotatable bonds is 7. The maximum atomic E-state index is 12.6. The quantitative estimate of drug-likeness (QED) is 0.668. The third kappa shape index (κ3) is 4.48. The number of carbonyl (C=O) groups is 3. The molecule has 1 aliphatic heterocycles. The lowest BCUT2D eigenvalue weighted by Gasteiger charge is -2.15. The topological polar surface area (TPSA) is 110 Å². The van der Waals surface area contributed by atoms with Crippen LogP contribution < -0.4 is 20.1 Å². The number of thiazole rings is 1. The molecule has 0 radical (unpaired) electrons. The number of benzene rings is 1. The van der Waals surface area contributed by atoms with Crippen LogP contribution in [0.25, 0.3) is 0 Å². The van der Waals surface area contributed by atoms with Crippen molar-refractivity contribution in [1.82, 2.24) is 15.2 Å². The first-order valence-corrected chi connectivity index (χ1v) is 9.70. The van der Waals surface area contributed by atoms with E-state index < -0.39 is 18.0 Å². The number of hydrogen-bond acceptors (Lipinski definition) is 7. The smallest absolute Gasteiger partial charge is 0.325 e. The van der Waals surface area contributed by atoms with Crippen molar-refractivity contribution in [3.8, 4) is 11.5 Å². The van der Waals surface area contributed by atoms with Gasteiger partial charge in [-0.3, -0.25) is 14.5 Å². The average molecular weight is 418 g/mol. The molecule has 10 heteroatoms. The van der Waals surface area contributed by atoms with Crippen LogP contribution in [0.15, 0.2) is 18.2 Å². The molecule has 1 aromatic carbocycles. The summed E-state index contributed by atoms with van der Waals surface area (Å²) in [4.78, 5) is 43.5. The van der Waals surface area contributed by atoms with Gasteiger partial charge in [0.25, 0.3) is 5.91 Å². The molecule has 2 N–H and O–H groups in total. The van der Waals surface area contributed by atoms with Crippen molar-refractivity contribution in [3.05, 3.63) is 34.3 Å². The molecule has 1 aliphatic rings. The van der Waals surface area contributed by atoms with Gasteiger partial charge in [-0.05, 0) is 31.5 Å². The molecular weight excluding hydrogens is 396 g/mol. The van der Waals surface area contributed by atoms with Crippen LogP contribution in [0.3, 0.4) is 0 Å². The molecular formula is C19H22N4O5S. The van der Waals surface area contributed by atoms with Crippen molar-refractivity contribution >= 4 is 34.3 Å². The van der Waals surface area contributed by atoms with Gasteiger partial charge in [-0.2, -0.15) is 0 Å². The molecule has 3 rings (SSSR count). The number of aryl methyl sites for hydroxylation is 2. The highest BCUT2D eigenvalue weighted by Gasteiger charge is 2.39. The molecule has 1 fully saturated rings. The normalized spacial score (nSPS) is 16.0. The summed E-state index contributed by atoms with van der Waals surface area (Å²) in [6.07, 6.45) is -0.162. The average Bonchev–Trinajstić information content (AvgIpc) is 3.13. The van der Waals surface area contributed by atoms with Gasteiger partial charge in [0, 0.05) is 4.88 Å². The van der Waals surface area contributed by atoms with Gasteiger partial charge in [0.15, 0.2) is 16.6 Å². The fraction of sp³-hybridized carbons (Fsp3) is 0.368. The third-order valence-corrected chi connectivity index (χ3v) is 5.55. The van der Waals surface area contributed by atoms with Crippen molar-refractivity contribution in [2.45, 2.75) is 32.9 Å². The van der Waals surface area contributed by atoms with Gasteiger partial charge < -0.3 is 20.1 Å². The van der Waals surface area contributed by atoms with Crippen molar-refractivity contribution in [3.63, 3.8) is 0 Å². The number of hydrogen-bond donors (Lipinski definition) is 2. The Morgan fingerprint density at radius 3 is 2.59 bits per heavy atom. The first kappa shape index (κ1) is 20.6. The van der Waals surface area contributed by atoms with Crippen LogP contribution in [-0.4, -0.2) is 48.0 Å². The molecule has 4 amide bonds. The fourth-order valence-corrected chi connectivity index (χ4v) is 3.74. The van der Waals surface area contributed by atoms with Gasteiger partial charge in [-0.25, -0.2) is 9.78 Å². The van der Waals surface area contributed by atoms with E-state index in [1.807, 2.05) is 13.8 Å². The largest absolute Gasteiger partial charge is 0.493 e. The Morgan fingerprint density at radius 2 is 1.97 bits per heavy atom. The summed E-state index contributed by atoms with van der Waals surface area (Å²) in [5.74, 6) is 0.217. The molecule has 1 saturated heterocycles. The zero-order chi connectivity index (χ0) is 21.1. The molecule has 1 atom stereocenters. The van der Waals surface area contributed by atoms with E-state index in [2.05, 4.69) is 15.6 Å². The van der Waals surface area contributed by atoms with Crippen LogP contribution in [0.4, 0.5) is 9.93 Å². The van der Waals surface area contributed by atoms with E-state index in [0.717, 1.165) is 15.5 Å². The van der Waals surface area contributed by atoms with Crippen molar-refractivity contribution in [2.24, 2.45) is 0 Å². The number of carbonyl (C=O) groups excluding carboxylic acids is 3. The third-order valence-electron chi connectivity index (χ3n) is 4.56. The predicted molar refractivity (Wildman–Crippen MR) is 107 cm³/mol. The van der Waals surface area contributed by atoms with Crippen molar-refractivity contribution < 1.29 is 23.9 Å². The molecule has 9 nitrogen and oxygen atoms in total. The van der Waals surface area contributed by atoms with E-state index in [1.165, 1.54) is 25.6 Å². The number of nitrogens with zero attached hydrogens (tertiary/aromatic N) is 2. The van der Waals surface area contributed by atoms with Gasteiger partial charge >= 0.3 is 6.03 Å². The summed E-state index contributed by atoms with van der Waals surface area (Å²) in [6.45, 7) is 3.83. The maximum absolute atomic E-state index is 12.6. The van der Waals surface area contributed by atoms with Gasteiger partial charge in [-0.15, -0.1) is 11.3 Å². The molecule has 0 saturated carbocycles. The SMILES string of the molecule is COc1ccc(CN2C(=O)N[C@@H](CC(=O)Nc3nc(C)c(C)s3)C2=O)cc1OC. The molecule has 154 valence electrons. The number of ether oxygens (including phenoxy) is 2. The van der Waals surface area contributed by atoms with Crippen molar-refractivity contribution in [2.75, 3.05) is 19.5 Å². The monoisotopic (exact) mass is 418 g/mol. The summed E-state index contributed by atoms with van der Waals surface area (Å²) < 4.78 is 10.4. The highest BCUT2D eigenvalue weighted by Crippen LogP contribution is 2.28. The summed E-state index contributed by atoms with van der Waals surface area (Å²) >= 11 is 1.36. The Labute approximate surface area is 172 Å². The molecule has 2 heterocycles. The molecule has 0 bridgehead atoms. The fourth-order valence-electron chi connectivity index (χ4n) is 2.91. The lowest BCUT2D eigenvalue weighted by molar-refractivity contribution is -0.130. The summed E-state index contributed by atoms with van der Waals surface area (Å²) in [5, 5.41) is 5.71. The molecule has 1 aromatic heterocycles. The number of urea groups is 1. The second-order valence-electron chi connectivity index (χ2n) is 6.53. The lowest BCUT2D eigenvalue weighted by atomic mass is 10.1.